The van der Waals surface area contributed by atoms with E-state index in [-0.39, 0.29) is 0 Å². The van der Waals surface area contributed by atoms with Crippen LogP contribution >= 0.6 is 11.3 Å². The molecule has 3 nitrogen and oxygen atoms in total. The maximum absolute atomic E-state index is 4.21. The Kier molecular flexibility index (Phi) is 3.97. The van der Waals surface area contributed by atoms with Crippen molar-refractivity contribution in [1.29, 1.82) is 0 Å². The van der Waals surface area contributed by atoms with Gasteiger partial charge in [-0.1, -0.05) is 6.07 Å². The van der Waals surface area contributed by atoms with E-state index in [0.29, 0.717) is 12.1 Å². The molecule has 0 unspecified atom stereocenters. The van der Waals surface area contributed by atoms with Gasteiger partial charge in [0, 0.05) is 29.7 Å². The molecule has 0 spiro atoms. The molecule has 17 heavy (non-hydrogen) atoms. The van der Waals surface area contributed by atoms with Gasteiger partial charge in [0.05, 0.1) is 12.0 Å². The van der Waals surface area contributed by atoms with Gasteiger partial charge in [0.2, 0.25) is 0 Å². The summed E-state index contributed by atoms with van der Waals surface area (Å²) in [5.41, 5.74) is 1.24. The lowest BCUT2D eigenvalue weighted by molar-refractivity contribution is 0.522. The summed E-state index contributed by atoms with van der Waals surface area (Å²) in [5, 5.41) is 5.65. The van der Waals surface area contributed by atoms with Crippen LogP contribution in [0.5, 0.6) is 0 Å². The third-order valence-electron chi connectivity index (χ3n) is 2.86. The normalized spacial score (nSPS) is 13.2. The Labute approximate surface area is 107 Å². The van der Waals surface area contributed by atoms with Crippen LogP contribution in [0.25, 0.3) is 0 Å². The predicted molar refractivity (Wildman–Crippen MR) is 72.2 cm³/mol. The molecule has 2 aromatic heterocycles. The highest BCUT2D eigenvalue weighted by molar-refractivity contribution is 7.10. The molecule has 0 aliphatic heterocycles. The third kappa shape index (κ3) is 2.96. The van der Waals surface area contributed by atoms with Crippen LogP contribution in [0, 0.1) is 0 Å². The lowest BCUT2D eigenvalue weighted by Crippen LogP contribution is -2.19. The van der Waals surface area contributed by atoms with Gasteiger partial charge in [-0.15, -0.1) is 11.3 Å². The van der Waals surface area contributed by atoms with Crippen LogP contribution in [0.2, 0.25) is 0 Å². The van der Waals surface area contributed by atoms with E-state index < -0.39 is 0 Å². The van der Waals surface area contributed by atoms with Crippen molar-refractivity contribution in [2.75, 3.05) is 0 Å². The van der Waals surface area contributed by atoms with Crippen molar-refractivity contribution < 1.29 is 0 Å². The second kappa shape index (κ2) is 5.47. The Morgan fingerprint density at radius 3 is 2.88 bits per heavy atom. The van der Waals surface area contributed by atoms with Crippen molar-refractivity contribution in [2.24, 2.45) is 0 Å². The first-order valence-corrected chi connectivity index (χ1v) is 6.84. The van der Waals surface area contributed by atoms with Crippen LogP contribution in [0.4, 0.5) is 0 Å². The average molecular weight is 249 g/mol. The van der Waals surface area contributed by atoms with Crippen LogP contribution < -0.4 is 5.32 Å². The van der Waals surface area contributed by atoms with Crippen molar-refractivity contribution >= 4 is 11.3 Å². The van der Waals surface area contributed by atoms with Gasteiger partial charge in [-0.2, -0.15) is 0 Å². The minimum Gasteiger partial charge on any atom is -0.331 e. The molecule has 0 aliphatic rings. The fraction of sp³-hybridized carbons (Fsp3) is 0.462. The molecule has 0 saturated heterocycles. The summed E-state index contributed by atoms with van der Waals surface area (Å²) >= 11 is 1.79. The van der Waals surface area contributed by atoms with Crippen molar-refractivity contribution in [3.63, 3.8) is 0 Å². The number of aromatic nitrogens is 2. The maximum Gasteiger partial charge on any atom is 0.0951 e. The Morgan fingerprint density at radius 1 is 1.41 bits per heavy atom. The van der Waals surface area contributed by atoms with E-state index in [0.717, 1.165) is 6.54 Å². The summed E-state index contributed by atoms with van der Waals surface area (Å²) in [6.45, 7) is 7.40. The van der Waals surface area contributed by atoms with Crippen molar-refractivity contribution in [3.05, 3.63) is 40.6 Å². The van der Waals surface area contributed by atoms with Gasteiger partial charge >= 0.3 is 0 Å². The first-order chi connectivity index (χ1) is 8.18. The summed E-state index contributed by atoms with van der Waals surface area (Å²) in [7, 11) is 0. The number of hydrogen-bond donors (Lipinski definition) is 1. The summed E-state index contributed by atoms with van der Waals surface area (Å²) in [5.74, 6) is 0. The van der Waals surface area contributed by atoms with E-state index in [9.17, 15) is 0 Å². The molecule has 0 aliphatic carbocycles. The van der Waals surface area contributed by atoms with E-state index in [2.05, 4.69) is 53.2 Å². The molecule has 2 aromatic rings. The van der Waals surface area contributed by atoms with E-state index in [1.165, 1.54) is 10.6 Å². The first kappa shape index (κ1) is 12.3. The minimum absolute atomic E-state index is 0.394. The standard InChI is InChI=1S/C13H19N3S/c1-10(2)16-9-14-7-12(16)8-15-11(3)13-5-4-6-17-13/h4-7,9-11,15H,8H2,1-3H3/t11-/m1/s1. The molecule has 1 atom stereocenters. The zero-order valence-corrected chi connectivity index (χ0v) is 11.4. The molecule has 0 bridgehead atoms. The largest absolute Gasteiger partial charge is 0.331 e. The molecule has 4 heteroatoms. The minimum atomic E-state index is 0.394. The molecular weight excluding hydrogens is 230 g/mol. The van der Waals surface area contributed by atoms with Crippen LogP contribution in [-0.2, 0) is 6.54 Å². The first-order valence-electron chi connectivity index (χ1n) is 5.96. The fourth-order valence-electron chi connectivity index (χ4n) is 1.83. The monoisotopic (exact) mass is 249 g/mol. The summed E-state index contributed by atoms with van der Waals surface area (Å²) in [6.07, 6.45) is 3.84. The molecule has 0 aromatic carbocycles. The van der Waals surface area contributed by atoms with Crippen LogP contribution in [-0.4, -0.2) is 9.55 Å². The second-order valence-corrected chi connectivity index (χ2v) is 5.48. The SMILES string of the molecule is CC(C)n1cncc1CN[C@H](C)c1cccs1. The molecular formula is C13H19N3S. The third-order valence-corrected chi connectivity index (χ3v) is 3.92. The molecule has 0 saturated carbocycles. The highest BCUT2D eigenvalue weighted by Crippen LogP contribution is 2.19. The molecule has 92 valence electrons. The highest BCUT2D eigenvalue weighted by atomic mass is 32.1. The molecule has 1 N–H and O–H groups in total. The fourth-order valence-corrected chi connectivity index (χ4v) is 2.59. The van der Waals surface area contributed by atoms with Gasteiger partial charge in [-0.25, -0.2) is 4.98 Å². The lowest BCUT2D eigenvalue weighted by Gasteiger charge is -2.15. The van der Waals surface area contributed by atoms with Crippen LogP contribution in [0.3, 0.4) is 0 Å². The number of hydrogen-bond acceptors (Lipinski definition) is 3. The highest BCUT2D eigenvalue weighted by Gasteiger charge is 2.09. The predicted octanol–water partition coefficient (Wildman–Crippen LogP) is 3.38. The smallest absolute Gasteiger partial charge is 0.0951 e. The van der Waals surface area contributed by atoms with E-state index in [4.69, 9.17) is 0 Å². The van der Waals surface area contributed by atoms with Gasteiger partial charge in [0.15, 0.2) is 0 Å². The Hall–Kier alpha value is -1.13. The average Bonchev–Trinajstić information content (AvgIpc) is 2.96. The van der Waals surface area contributed by atoms with Crippen LogP contribution in [0.1, 0.15) is 43.4 Å². The van der Waals surface area contributed by atoms with Crippen molar-refractivity contribution in [3.8, 4) is 0 Å². The lowest BCUT2D eigenvalue weighted by atomic mass is 10.2. The van der Waals surface area contributed by atoms with E-state index >= 15 is 0 Å². The van der Waals surface area contributed by atoms with Crippen molar-refractivity contribution in [2.45, 2.75) is 39.4 Å². The van der Waals surface area contributed by atoms with Crippen molar-refractivity contribution in [1.82, 2.24) is 14.9 Å². The summed E-state index contributed by atoms with van der Waals surface area (Å²) in [4.78, 5) is 5.59. The number of rotatable bonds is 5. The van der Waals surface area contributed by atoms with Gasteiger partial charge in [-0.05, 0) is 32.2 Å². The Balaban J connectivity index is 1.96. The number of nitrogens with one attached hydrogen (secondary N) is 1. The molecule has 0 fully saturated rings. The number of thiophene rings is 1. The molecule has 2 rings (SSSR count). The quantitative estimate of drug-likeness (QED) is 0.880. The zero-order chi connectivity index (χ0) is 12.3. The zero-order valence-electron chi connectivity index (χ0n) is 10.6. The summed E-state index contributed by atoms with van der Waals surface area (Å²) < 4.78 is 2.20. The summed E-state index contributed by atoms with van der Waals surface area (Å²) in [6, 6.07) is 5.12. The van der Waals surface area contributed by atoms with Gasteiger partial charge in [-0.3, -0.25) is 0 Å². The van der Waals surface area contributed by atoms with E-state index in [1.807, 2.05) is 12.5 Å². The maximum atomic E-state index is 4.21. The van der Waals surface area contributed by atoms with Crippen LogP contribution in [0.15, 0.2) is 30.0 Å². The topological polar surface area (TPSA) is 29.9 Å². The number of imidazole rings is 1. The second-order valence-electron chi connectivity index (χ2n) is 4.50. The van der Waals surface area contributed by atoms with Gasteiger partial charge in [0.1, 0.15) is 0 Å². The molecule has 0 radical (unpaired) electrons. The van der Waals surface area contributed by atoms with Gasteiger partial charge < -0.3 is 9.88 Å². The number of nitrogens with zero attached hydrogens (tertiary/aromatic N) is 2. The molecule has 2 heterocycles. The van der Waals surface area contributed by atoms with Gasteiger partial charge in [0.25, 0.3) is 0 Å². The Bertz CT molecular complexity index is 445. The van der Waals surface area contributed by atoms with E-state index in [1.54, 1.807) is 11.3 Å². The molecule has 0 amide bonds. The Morgan fingerprint density at radius 2 is 2.24 bits per heavy atom.